The monoisotopic (exact) mass is 364 g/mol. The number of rotatable bonds is 6. The Balaban J connectivity index is 1.54. The molecule has 3 heterocycles. The molecular weight excluding hydrogens is 340 g/mol. The van der Waals surface area contributed by atoms with Gasteiger partial charge in [-0.25, -0.2) is 4.98 Å². The maximum absolute atomic E-state index is 6.39. The molecule has 1 aliphatic carbocycles. The van der Waals surface area contributed by atoms with Gasteiger partial charge in [-0.1, -0.05) is 11.6 Å². The molecule has 0 radical (unpaired) electrons. The van der Waals surface area contributed by atoms with E-state index in [0.717, 1.165) is 37.1 Å². The van der Waals surface area contributed by atoms with Gasteiger partial charge in [0, 0.05) is 31.5 Å². The van der Waals surface area contributed by atoms with Gasteiger partial charge in [-0.3, -0.25) is 4.90 Å². The molecule has 1 aliphatic heterocycles. The summed E-state index contributed by atoms with van der Waals surface area (Å²) in [7, 11) is 0. The highest BCUT2D eigenvalue weighted by Crippen LogP contribution is 2.56. The van der Waals surface area contributed by atoms with Crippen LogP contribution in [0.15, 0.2) is 23.8 Å². The van der Waals surface area contributed by atoms with Gasteiger partial charge in [0.2, 0.25) is 0 Å². The standard InChI is InChI=1S/C18H25ClN4S/c1-2-22-9-8-21-16(22)13-23(12-14-3-10-24-17(14)19)15-11-18(15)4-6-20-7-5-18/h3,8-10,15,20H,2,4-7,11-13H2,1H3. The largest absolute Gasteiger partial charge is 0.334 e. The van der Waals surface area contributed by atoms with Crippen LogP contribution in [0.5, 0.6) is 0 Å². The van der Waals surface area contributed by atoms with E-state index in [9.17, 15) is 0 Å². The van der Waals surface area contributed by atoms with Crippen molar-refractivity contribution in [2.75, 3.05) is 13.1 Å². The first-order valence-corrected chi connectivity index (χ1v) is 10.1. The van der Waals surface area contributed by atoms with Gasteiger partial charge in [0.1, 0.15) is 5.82 Å². The summed E-state index contributed by atoms with van der Waals surface area (Å²) in [5.41, 5.74) is 1.78. The van der Waals surface area contributed by atoms with Crippen molar-refractivity contribution in [2.45, 2.75) is 51.9 Å². The molecule has 2 fully saturated rings. The summed E-state index contributed by atoms with van der Waals surface area (Å²) < 4.78 is 3.18. The fraction of sp³-hybridized carbons (Fsp3) is 0.611. The summed E-state index contributed by atoms with van der Waals surface area (Å²) in [6, 6.07) is 2.83. The Morgan fingerprint density at radius 2 is 2.25 bits per heavy atom. The summed E-state index contributed by atoms with van der Waals surface area (Å²) in [6.45, 7) is 7.31. The molecule has 1 N–H and O–H groups in total. The lowest BCUT2D eigenvalue weighted by Gasteiger charge is -2.29. The lowest BCUT2D eigenvalue weighted by molar-refractivity contribution is 0.182. The smallest absolute Gasteiger partial charge is 0.122 e. The number of piperidine rings is 1. The van der Waals surface area contributed by atoms with Crippen molar-refractivity contribution in [1.29, 1.82) is 0 Å². The molecule has 1 unspecified atom stereocenters. The predicted octanol–water partition coefficient (Wildman–Crippen LogP) is 3.76. The van der Waals surface area contributed by atoms with Crippen LogP contribution in [0.2, 0.25) is 4.34 Å². The van der Waals surface area contributed by atoms with Crippen LogP contribution in [0.25, 0.3) is 0 Å². The molecular formula is C18H25ClN4S. The number of hydrogen-bond donors (Lipinski definition) is 1. The van der Waals surface area contributed by atoms with Crippen molar-refractivity contribution >= 4 is 22.9 Å². The SMILES string of the molecule is CCn1ccnc1CN(Cc1ccsc1Cl)C1CC12CCNCC2. The summed E-state index contributed by atoms with van der Waals surface area (Å²) in [5.74, 6) is 1.17. The first-order valence-electron chi connectivity index (χ1n) is 8.88. The minimum atomic E-state index is 0.525. The number of nitrogens with one attached hydrogen (secondary N) is 1. The summed E-state index contributed by atoms with van der Waals surface area (Å²) in [5, 5.41) is 5.60. The third-order valence-electron chi connectivity index (χ3n) is 5.74. The lowest BCUT2D eigenvalue weighted by Crippen LogP contribution is -2.36. The topological polar surface area (TPSA) is 33.1 Å². The Morgan fingerprint density at radius 1 is 1.42 bits per heavy atom. The van der Waals surface area contributed by atoms with Crippen LogP contribution in [-0.2, 0) is 19.6 Å². The molecule has 1 saturated heterocycles. The number of imidazole rings is 1. The number of aromatic nitrogens is 2. The van der Waals surface area contributed by atoms with Crippen molar-refractivity contribution in [3.63, 3.8) is 0 Å². The zero-order valence-electron chi connectivity index (χ0n) is 14.2. The van der Waals surface area contributed by atoms with Crippen LogP contribution < -0.4 is 5.32 Å². The van der Waals surface area contributed by atoms with Crippen molar-refractivity contribution in [2.24, 2.45) is 5.41 Å². The van der Waals surface area contributed by atoms with Crippen LogP contribution in [0.1, 0.15) is 37.6 Å². The number of aryl methyl sites for hydroxylation is 1. The van der Waals surface area contributed by atoms with Crippen LogP contribution in [-0.4, -0.2) is 33.6 Å². The average molecular weight is 365 g/mol. The Kier molecular flexibility index (Phi) is 4.69. The first-order chi connectivity index (χ1) is 11.7. The summed E-state index contributed by atoms with van der Waals surface area (Å²) in [6.07, 6.45) is 7.92. The van der Waals surface area contributed by atoms with E-state index in [1.165, 1.54) is 30.7 Å². The summed E-state index contributed by atoms with van der Waals surface area (Å²) >= 11 is 8.02. The molecule has 4 nitrogen and oxygen atoms in total. The van der Waals surface area contributed by atoms with Gasteiger partial charge in [-0.2, -0.15) is 0 Å². The molecule has 1 atom stereocenters. The maximum Gasteiger partial charge on any atom is 0.122 e. The quantitative estimate of drug-likeness (QED) is 0.847. The fourth-order valence-corrected chi connectivity index (χ4v) is 5.11. The van der Waals surface area contributed by atoms with Crippen LogP contribution in [0.4, 0.5) is 0 Å². The number of halogens is 1. The second-order valence-electron chi connectivity index (χ2n) is 7.09. The maximum atomic E-state index is 6.39. The highest BCUT2D eigenvalue weighted by atomic mass is 35.5. The van der Waals surface area contributed by atoms with E-state index in [4.69, 9.17) is 11.6 Å². The molecule has 2 aromatic heterocycles. The van der Waals surface area contributed by atoms with Gasteiger partial charge in [0.25, 0.3) is 0 Å². The minimum absolute atomic E-state index is 0.525. The predicted molar refractivity (Wildman–Crippen MR) is 99.4 cm³/mol. The average Bonchev–Trinajstić information content (AvgIpc) is 2.94. The lowest BCUT2D eigenvalue weighted by atomic mass is 9.93. The van der Waals surface area contributed by atoms with Crippen LogP contribution >= 0.6 is 22.9 Å². The molecule has 2 aromatic rings. The van der Waals surface area contributed by atoms with Crippen molar-refractivity contribution in [3.05, 3.63) is 39.6 Å². The number of thiophene rings is 1. The zero-order chi connectivity index (χ0) is 16.6. The Hall–Kier alpha value is -0.880. The molecule has 6 heteroatoms. The molecule has 0 aromatic carbocycles. The molecule has 4 rings (SSSR count). The molecule has 24 heavy (non-hydrogen) atoms. The van der Waals surface area contributed by atoms with Gasteiger partial charge in [0.05, 0.1) is 10.9 Å². The third-order valence-corrected chi connectivity index (χ3v) is 6.99. The molecule has 130 valence electrons. The van der Waals surface area contributed by atoms with E-state index >= 15 is 0 Å². The van der Waals surface area contributed by atoms with Gasteiger partial charge in [0.15, 0.2) is 0 Å². The van der Waals surface area contributed by atoms with Gasteiger partial charge >= 0.3 is 0 Å². The van der Waals surface area contributed by atoms with Crippen molar-refractivity contribution < 1.29 is 0 Å². The van der Waals surface area contributed by atoms with E-state index in [1.54, 1.807) is 11.3 Å². The second kappa shape index (κ2) is 6.79. The van der Waals surface area contributed by atoms with E-state index in [2.05, 4.69) is 44.3 Å². The summed E-state index contributed by atoms with van der Waals surface area (Å²) in [4.78, 5) is 7.22. The van der Waals surface area contributed by atoms with E-state index in [1.807, 2.05) is 6.20 Å². The fourth-order valence-electron chi connectivity index (χ4n) is 4.19. The highest BCUT2D eigenvalue weighted by molar-refractivity contribution is 7.14. The van der Waals surface area contributed by atoms with Crippen molar-refractivity contribution in [3.8, 4) is 0 Å². The van der Waals surface area contributed by atoms with Gasteiger partial charge in [-0.05, 0) is 61.7 Å². The van der Waals surface area contributed by atoms with Crippen LogP contribution in [0, 0.1) is 5.41 Å². The minimum Gasteiger partial charge on any atom is -0.334 e. The molecule has 0 bridgehead atoms. The normalized spacial score (nSPS) is 22.4. The number of hydrogen-bond acceptors (Lipinski definition) is 4. The molecule has 1 spiro atoms. The molecule has 0 amide bonds. The highest BCUT2D eigenvalue weighted by Gasteiger charge is 2.56. The van der Waals surface area contributed by atoms with Crippen molar-refractivity contribution in [1.82, 2.24) is 19.8 Å². The number of nitrogens with zero attached hydrogens (tertiary/aromatic N) is 3. The van der Waals surface area contributed by atoms with E-state index in [-0.39, 0.29) is 0 Å². The Morgan fingerprint density at radius 3 is 2.96 bits per heavy atom. The van der Waals surface area contributed by atoms with Crippen LogP contribution in [0.3, 0.4) is 0 Å². The Labute approximate surface area is 152 Å². The molecule has 2 aliphatic rings. The van der Waals surface area contributed by atoms with E-state index in [0.29, 0.717) is 11.5 Å². The zero-order valence-corrected chi connectivity index (χ0v) is 15.7. The third kappa shape index (κ3) is 3.15. The Bertz CT molecular complexity index is 689. The second-order valence-corrected chi connectivity index (χ2v) is 8.60. The first kappa shape index (κ1) is 16.6. The van der Waals surface area contributed by atoms with Gasteiger partial charge < -0.3 is 9.88 Å². The molecule has 1 saturated carbocycles. The van der Waals surface area contributed by atoms with E-state index < -0.39 is 0 Å². The van der Waals surface area contributed by atoms with Gasteiger partial charge in [-0.15, -0.1) is 11.3 Å².